The average molecular weight is 291 g/mol. The highest BCUT2D eigenvalue weighted by molar-refractivity contribution is 7.80. The van der Waals surface area contributed by atoms with Crippen LogP contribution in [0.15, 0.2) is 24.3 Å². The molecule has 2 atom stereocenters. The zero-order chi connectivity index (χ0) is 14.7. The van der Waals surface area contributed by atoms with Gasteiger partial charge in [0.1, 0.15) is 4.99 Å². The molecule has 2 unspecified atom stereocenters. The Kier molecular flexibility index (Phi) is 4.73. The highest BCUT2D eigenvalue weighted by Gasteiger charge is 2.33. The smallest absolute Gasteiger partial charge is 0.238 e. The minimum absolute atomic E-state index is 0.00359. The number of benzene rings is 1. The molecule has 1 aromatic rings. The van der Waals surface area contributed by atoms with Crippen LogP contribution in [0.5, 0.6) is 0 Å². The van der Waals surface area contributed by atoms with Gasteiger partial charge in [-0.15, -0.1) is 0 Å². The van der Waals surface area contributed by atoms with E-state index >= 15 is 0 Å². The number of carbonyl (C=O) groups excluding carboxylic acids is 1. The summed E-state index contributed by atoms with van der Waals surface area (Å²) < 4.78 is 0. The molecule has 1 aliphatic rings. The van der Waals surface area contributed by atoms with Crippen molar-refractivity contribution in [2.24, 2.45) is 17.6 Å². The van der Waals surface area contributed by atoms with Gasteiger partial charge in [-0.05, 0) is 49.6 Å². The summed E-state index contributed by atoms with van der Waals surface area (Å²) in [5.74, 6) is 1.58. The number of hydrogen-bond donors (Lipinski definition) is 2. The number of amides is 1. The Morgan fingerprint density at radius 1 is 1.45 bits per heavy atom. The SMILES string of the molecule is CC1CC1CN(C)CC(=O)Nc1ccc(C(N)=S)cc1. The van der Waals surface area contributed by atoms with Crippen LogP contribution in [0.25, 0.3) is 0 Å². The van der Waals surface area contributed by atoms with Crippen LogP contribution in [0.4, 0.5) is 5.69 Å². The van der Waals surface area contributed by atoms with Crippen LogP contribution in [0.1, 0.15) is 18.9 Å². The molecule has 0 heterocycles. The molecule has 108 valence electrons. The molecule has 5 heteroatoms. The first-order valence-electron chi connectivity index (χ1n) is 6.84. The molecule has 0 radical (unpaired) electrons. The second-order valence-electron chi connectivity index (χ2n) is 5.66. The van der Waals surface area contributed by atoms with E-state index in [0.717, 1.165) is 29.6 Å². The van der Waals surface area contributed by atoms with Crippen molar-refractivity contribution in [1.29, 1.82) is 0 Å². The molecule has 1 fully saturated rings. The number of nitrogens with zero attached hydrogens (tertiary/aromatic N) is 1. The minimum atomic E-state index is 0.00359. The molecule has 0 aliphatic heterocycles. The average Bonchev–Trinajstić information content (AvgIpc) is 3.04. The standard InChI is InChI=1S/C15H21N3OS/c1-10-7-12(10)8-18(2)9-14(19)17-13-5-3-11(4-6-13)15(16)20/h3-6,10,12H,7-9H2,1-2H3,(H2,16,20)(H,17,19). The zero-order valence-corrected chi connectivity index (χ0v) is 12.7. The van der Waals surface area contributed by atoms with Crippen molar-refractivity contribution in [2.75, 3.05) is 25.5 Å². The van der Waals surface area contributed by atoms with Crippen molar-refractivity contribution in [3.05, 3.63) is 29.8 Å². The summed E-state index contributed by atoms with van der Waals surface area (Å²) in [5.41, 5.74) is 7.10. The van der Waals surface area contributed by atoms with Crippen molar-refractivity contribution in [3.63, 3.8) is 0 Å². The molecule has 0 saturated heterocycles. The first-order chi connectivity index (χ1) is 9.45. The third-order valence-corrected chi connectivity index (χ3v) is 3.92. The zero-order valence-electron chi connectivity index (χ0n) is 11.9. The van der Waals surface area contributed by atoms with Crippen LogP contribution >= 0.6 is 12.2 Å². The molecule has 1 aliphatic carbocycles. The Morgan fingerprint density at radius 3 is 2.55 bits per heavy atom. The van der Waals surface area contributed by atoms with E-state index in [0.29, 0.717) is 11.5 Å². The van der Waals surface area contributed by atoms with E-state index in [9.17, 15) is 4.79 Å². The van der Waals surface area contributed by atoms with Crippen molar-refractivity contribution < 1.29 is 4.79 Å². The van der Waals surface area contributed by atoms with E-state index in [1.807, 2.05) is 31.3 Å². The summed E-state index contributed by atoms with van der Waals surface area (Å²) in [6.45, 7) is 3.66. The Morgan fingerprint density at radius 2 is 2.05 bits per heavy atom. The van der Waals surface area contributed by atoms with Gasteiger partial charge in [0, 0.05) is 17.8 Å². The molecule has 3 N–H and O–H groups in total. The highest BCUT2D eigenvalue weighted by Crippen LogP contribution is 2.37. The fourth-order valence-corrected chi connectivity index (χ4v) is 2.42. The van der Waals surface area contributed by atoms with Gasteiger partial charge in [-0.3, -0.25) is 9.69 Å². The predicted molar refractivity (Wildman–Crippen MR) is 85.7 cm³/mol. The molecule has 1 amide bonds. The van der Waals surface area contributed by atoms with E-state index in [1.54, 1.807) is 0 Å². The minimum Gasteiger partial charge on any atom is -0.389 e. The molecule has 1 saturated carbocycles. The lowest BCUT2D eigenvalue weighted by molar-refractivity contribution is -0.117. The maximum Gasteiger partial charge on any atom is 0.238 e. The third-order valence-electron chi connectivity index (χ3n) is 3.69. The largest absolute Gasteiger partial charge is 0.389 e. The van der Waals surface area contributed by atoms with Crippen LogP contribution in [-0.2, 0) is 4.79 Å². The molecule has 4 nitrogen and oxygen atoms in total. The molecule has 0 bridgehead atoms. The number of carbonyl (C=O) groups is 1. The monoisotopic (exact) mass is 291 g/mol. The van der Waals surface area contributed by atoms with E-state index in [2.05, 4.69) is 17.1 Å². The molecule has 20 heavy (non-hydrogen) atoms. The first-order valence-corrected chi connectivity index (χ1v) is 7.25. The second kappa shape index (κ2) is 6.33. The van der Waals surface area contributed by atoms with Gasteiger partial charge < -0.3 is 11.1 Å². The van der Waals surface area contributed by atoms with Gasteiger partial charge in [-0.25, -0.2) is 0 Å². The van der Waals surface area contributed by atoms with Crippen LogP contribution in [0.3, 0.4) is 0 Å². The summed E-state index contributed by atoms with van der Waals surface area (Å²) in [6, 6.07) is 7.26. The van der Waals surface area contributed by atoms with Gasteiger partial charge in [0.25, 0.3) is 0 Å². The van der Waals surface area contributed by atoms with Gasteiger partial charge >= 0.3 is 0 Å². The Hall–Kier alpha value is -1.46. The van der Waals surface area contributed by atoms with E-state index in [-0.39, 0.29) is 5.91 Å². The molecule has 1 aromatic carbocycles. The molecule has 0 aromatic heterocycles. The first kappa shape index (κ1) is 14.9. The maximum absolute atomic E-state index is 11.9. The summed E-state index contributed by atoms with van der Waals surface area (Å²) >= 11 is 4.89. The lowest BCUT2D eigenvalue weighted by Crippen LogP contribution is -2.31. The Bertz CT molecular complexity index is 500. The van der Waals surface area contributed by atoms with Crippen LogP contribution in [-0.4, -0.2) is 35.9 Å². The second-order valence-corrected chi connectivity index (χ2v) is 6.10. The Labute approximate surface area is 125 Å². The van der Waals surface area contributed by atoms with Crippen LogP contribution < -0.4 is 11.1 Å². The van der Waals surface area contributed by atoms with Gasteiger partial charge in [-0.2, -0.15) is 0 Å². The Balaban J connectivity index is 1.79. The molecular weight excluding hydrogens is 270 g/mol. The number of thiocarbonyl (C=S) groups is 1. The normalized spacial score (nSPS) is 20.8. The lowest BCUT2D eigenvalue weighted by Gasteiger charge is -2.16. The van der Waals surface area contributed by atoms with Crippen molar-refractivity contribution >= 4 is 28.8 Å². The summed E-state index contributed by atoms with van der Waals surface area (Å²) in [4.78, 5) is 14.4. The lowest BCUT2D eigenvalue weighted by atomic mass is 10.2. The molecular formula is C15H21N3OS. The maximum atomic E-state index is 11.9. The highest BCUT2D eigenvalue weighted by atomic mass is 32.1. The number of likely N-dealkylation sites (N-methyl/N-ethyl adjacent to an activating group) is 1. The number of anilines is 1. The molecule has 0 spiro atoms. The van der Waals surface area contributed by atoms with Gasteiger partial charge in [-0.1, -0.05) is 19.1 Å². The quantitative estimate of drug-likeness (QED) is 0.785. The number of hydrogen-bond acceptors (Lipinski definition) is 3. The molecule has 2 rings (SSSR count). The fourth-order valence-electron chi connectivity index (χ4n) is 2.28. The summed E-state index contributed by atoms with van der Waals surface area (Å²) in [5, 5.41) is 2.88. The van der Waals surface area contributed by atoms with Crippen molar-refractivity contribution in [2.45, 2.75) is 13.3 Å². The number of rotatable bonds is 6. The van der Waals surface area contributed by atoms with E-state index in [1.165, 1.54) is 6.42 Å². The summed E-state index contributed by atoms with van der Waals surface area (Å²) in [6.07, 6.45) is 1.28. The summed E-state index contributed by atoms with van der Waals surface area (Å²) in [7, 11) is 1.99. The third kappa shape index (κ3) is 4.28. The topological polar surface area (TPSA) is 58.4 Å². The fraction of sp³-hybridized carbons (Fsp3) is 0.467. The van der Waals surface area contributed by atoms with E-state index in [4.69, 9.17) is 18.0 Å². The van der Waals surface area contributed by atoms with Gasteiger partial charge in [0.05, 0.1) is 6.54 Å². The van der Waals surface area contributed by atoms with Crippen molar-refractivity contribution in [1.82, 2.24) is 4.90 Å². The number of nitrogens with two attached hydrogens (primary N) is 1. The van der Waals surface area contributed by atoms with Gasteiger partial charge in [0.15, 0.2) is 0 Å². The van der Waals surface area contributed by atoms with Crippen LogP contribution in [0.2, 0.25) is 0 Å². The predicted octanol–water partition coefficient (Wildman–Crippen LogP) is 1.85. The van der Waals surface area contributed by atoms with Gasteiger partial charge in [0.2, 0.25) is 5.91 Å². The number of nitrogens with one attached hydrogen (secondary N) is 1. The van der Waals surface area contributed by atoms with E-state index < -0.39 is 0 Å². The van der Waals surface area contributed by atoms with Crippen molar-refractivity contribution in [3.8, 4) is 0 Å². The van der Waals surface area contributed by atoms with Crippen LogP contribution in [0, 0.1) is 11.8 Å².